The van der Waals surface area contributed by atoms with Crippen molar-refractivity contribution in [2.45, 2.75) is 13.0 Å². The molecule has 31 heavy (non-hydrogen) atoms. The number of benzene rings is 1. The molecule has 0 aliphatic rings. The summed E-state index contributed by atoms with van der Waals surface area (Å²) in [7, 11) is 0. The number of carboxylic acids is 1. The Hall–Kier alpha value is -3.19. The number of aliphatic hydroxyl groups excluding tert-OH is 2. The van der Waals surface area contributed by atoms with Crippen molar-refractivity contribution < 1.29 is 20.1 Å². The minimum absolute atomic E-state index is 0.0795. The topological polar surface area (TPSA) is 171 Å². The molecule has 1 aromatic carbocycles. The van der Waals surface area contributed by atoms with E-state index in [1.807, 2.05) is 24.3 Å². The van der Waals surface area contributed by atoms with Gasteiger partial charge in [0.25, 0.3) is 0 Å². The number of rotatable bonds is 9. The number of carboxylic acid groups (broad SMARTS) is 1. The van der Waals surface area contributed by atoms with Gasteiger partial charge in [0.1, 0.15) is 11.6 Å². The average molecular weight is 463 g/mol. The van der Waals surface area contributed by atoms with Crippen molar-refractivity contribution in [2.75, 3.05) is 23.4 Å². The lowest BCUT2D eigenvalue weighted by molar-refractivity contribution is 0.0691. The van der Waals surface area contributed by atoms with E-state index in [0.29, 0.717) is 16.5 Å². The SMILES string of the molecule is CC(/C=C(\N)N(CC(O)CO)c1nc(C(=O)O)cs1)=C(/N)Nc1nc2ccccc2s1. The number of aromatic carboxylic acids is 1. The number of aromatic nitrogens is 2. The van der Waals surface area contributed by atoms with Gasteiger partial charge in [-0.2, -0.15) is 0 Å². The maximum Gasteiger partial charge on any atom is 0.355 e. The molecule has 10 nitrogen and oxygen atoms in total. The third kappa shape index (κ3) is 5.49. The van der Waals surface area contributed by atoms with Crippen LogP contribution < -0.4 is 21.7 Å². The zero-order valence-corrected chi connectivity index (χ0v) is 18.2. The van der Waals surface area contributed by atoms with Gasteiger partial charge in [-0.25, -0.2) is 14.8 Å². The lowest BCUT2D eigenvalue weighted by atomic mass is 10.2. The van der Waals surface area contributed by atoms with Gasteiger partial charge in [-0.1, -0.05) is 23.5 Å². The van der Waals surface area contributed by atoms with Gasteiger partial charge in [-0.15, -0.1) is 11.3 Å². The van der Waals surface area contributed by atoms with Crippen LogP contribution in [0.5, 0.6) is 0 Å². The molecule has 0 bridgehead atoms. The molecule has 12 heteroatoms. The monoisotopic (exact) mass is 462 g/mol. The average Bonchev–Trinajstić information content (AvgIpc) is 3.38. The summed E-state index contributed by atoms with van der Waals surface area (Å²) in [5.41, 5.74) is 13.7. The molecule has 2 aromatic heterocycles. The van der Waals surface area contributed by atoms with E-state index in [0.717, 1.165) is 21.6 Å². The molecule has 1 atom stereocenters. The van der Waals surface area contributed by atoms with E-state index >= 15 is 0 Å². The summed E-state index contributed by atoms with van der Waals surface area (Å²) in [6, 6.07) is 7.71. The number of fused-ring (bicyclic) bond motifs is 1. The summed E-state index contributed by atoms with van der Waals surface area (Å²) in [5, 5.41) is 33.5. The first-order valence-electron chi connectivity index (χ1n) is 9.10. The maximum atomic E-state index is 11.1. The molecule has 0 saturated carbocycles. The van der Waals surface area contributed by atoms with E-state index in [9.17, 15) is 15.0 Å². The Morgan fingerprint density at radius 2 is 2.06 bits per heavy atom. The minimum atomic E-state index is -1.17. The van der Waals surface area contributed by atoms with Gasteiger partial charge in [0.2, 0.25) is 0 Å². The summed E-state index contributed by atoms with van der Waals surface area (Å²) >= 11 is 2.51. The number of nitrogens with zero attached hydrogens (tertiary/aromatic N) is 3. The number of thiazole rings is 2. The molecule has 0 aliphatic carbocycles. The molecular formula is C19H22N6O4S2. The number of hydrogen-bond donors (Lipinski definition) is 6. The second kappa shape index (κ2) is 9.75. The molecule has 3 rings (SSSR count). The fourth-order valence-corrected chi connectivity index (χ4v) is 4.27. The van der Waals surface area contributed by atoms with Crippen LogP contribution in [0.25, 0.3) is 10.2 Å². The van der Waals surface area contributed by atoms with Crippen molar-refractivity contribution in [3.05, 3.63) is 58.6 Å². The van der Waals surface area contributed by atoms with Gasteiger partial charge in [-0.3, -0.25) is 0 Å². The second-order valence-corrected chi connectivity index (χ2v) is 8.41. The van der Waals surface area contributed by atoms with E-state index in [2.05, 4.69) is 15.3 Å². The van der Waals surface area contributed by atoms with Crippen molar-refractivity contribution in [3.8, 4) is 0 Å². The molecular weight excluding hydrogens is 440 g/mol. The van der Waals surface area contributed by atoms with E-state index in [1.54, 1.807) is 13.0 Å². The molecule has 0 fully saturated rings. The Morgan fingerprint density at radius 3 is 2.71 bits per heavy atom. The third-order valence-electron chi connectivity index (χ3n) is 4.18. The lowest BCUT2D eigenvalue weighted by Crippen LogP contribution is -2.36. The number of para-hydroxylation sites is 1. The first-order valence-corrected chi connectivity index (χ1v) is 10.8. The highest BCUT2D eigenvalue weighted by molar-refractivity contribution is 7.22. The quantitative estimate of drug-likeness (QED) is 0.257. The summed E-state index contributed by atoms with van der Waals surface area (Å²) in [4.78, 5) is 21.1. The second-order valence-electron chi connectivity index (χ2n) is 6.55. The number of hydrogen-bond acceptors (Lipinski definition) is 11. The molecule has 0 aliphatic heterocycles. The van der Waals surface area contributed by atoms with Crippen molar-refractivity contribution in [1.29, 1.82) is 0 Å². The van der Waals surface area contributed by atoms with Gasteiger partial charge in [0.05, 0.1) is 29.5 Å². The predicted molar refractivity (Wildman–Crippen MR) is 122 cm³/mol. The fraction of sp³-hybridized carbons (Fsp3) is 0.211. The number of anilines is 2. The van der Waals surface area contributed by atoms with Crippen LogP contribution in [0, 0.1) is 0 Å². The summed E-state index contributed by atoms with van der Waals surface area (Å²) in [6.45, 7) is 1.18. The van der Waals surface area contributed by atoms with Crippen LogP contribution in [-0.4, -0.2) is 50.5 Å². The van der Waals surface area contributed by atoms with E-state index in [4.69, 9.17) is 16.6 Å². The molecule has 0 saturated heterocycles. The Labute approximate surface area is 185 Å². The van der Waals surface area contributed by atoms with E-state index in [-0.39, 0.29) is 23.2 Å². The van der Waals surface area contributed by atoms with Gasteiger partial charge in [-0.05, 0) is 30.7 Å². The highest BCUT2D eigenvalue weighted by Gasteiger charge is 2.20. The predicted octanol–water partition coefficient (Wildman–Crippen LogP) is 1.71. The van der Waals surface area contributed by atoms with Crippen molar-refractivity contribution in [2.24, 2.45) is 11.5 Å². The fourth-order valence-electron chi connectivity index (χ4n) is 2.57. The molecule has 0 spiro atoms. The number of allylic oxidation sites excluding steroid dienone is 2. The number of nitrogens with one attached hydrogen (secondary N) is 1. The third-order valence-corrected chi connectivity index (χ3v) is 6.00. The van der Waals surface area contributed by atoms with Crippen molar-refractivity contribution in [1.82, 2.24) is 9.97 Å². The van der Waals surface area contributed by atoms with Crippen molar-refractivity contribution in [3.63, 3.8) is 0 Å². The zero-order valence-electron chi connectivity index (χ0n) is 16.5. The molecule has 1 unspecified atom stereocenters. The highest BCUT2D eigenvalue weighted by atomic mass is 32.1. The molecule has 8 N–H and O–H groups in total. The van der Waals surface area contributed by atoms with Crippen LogP contribution in [0.1, 0.15) is 17.4 Å². The smallest absolute Gasteiger partial charge is 0.355 e. The van der Waals surface area contributed by atoms with Gasteiger partial charge >= 0.3 is 5.97 Å². The van der Waals surface area contributed by atoms with Crippen molar-refractivity contribution >= 4 is 49.1 Å². The molecule has 0 radical (unpaired) electrons. The normalized spacial score (nSPS) is 13.7. The largest absolute Gasteiger partial charge is 0.476 e. The molecule has 3 aromatic rings. The Bertz CT molecular complexity index is 1110. The number of carbonyl (C=O) groups is 1. The highest BCUT2D eigenvalue weighted by Crippen LogP contribution is 2.27. The standard InChI is InChI=1S/C19H22N6O4S2/c1-10(16(21)24-18-22-12-4-2-3-5-14(12)31-18)6-15(20)25(7-11(27)8-26)19-23-13(9-30-19)17(28)29/h2-6,9,11,26-27H,7-8,20-21H2,1H3,(H,22,24)(H,28,29)/b15-6+,16-10+. The molecule has 0 amide bonds. The number of nitrogens with two attached hydrogens (primary N) is 2. The van der Waals surface area contributed by atoms with Crippen LogP contribution in [0.2, 0.25) is 0 Å². The van der Waals surface area contributed by atoms with Crippen LogP contribution >= 0.6 is 22.7 Å². The van der Waals surface area contributed by atoms with Crippen LogP contribution in [0.3, 0.4) is 0 Å². The Balaban J connectivity index is 1.85. The first-order chi connectivity index (χ1) is 14.8. The summed E-state index contributed by atoms with van der Waals surface area (Å²) < 4.78 is 1.02. The van der Waals surface area contributed by atoms with Gasteiger partial charge in [0.15, 0.2) is 16.0 Å². The lowest BCUT2D eigenvalue weighted by Gasteiger charge is -2.24. The van der Waals surface area contributed by atoms with Gasteiger partial charge < -0.3 is 37.0 Å². The summed E-state index contributed by atoms with van der Waals surface area (Å²) in [6.07, 6.45) is 0.466. The van der Waals surface area contributed by atoms with Crippen LogP contribution in [-0.2, 0) is 0 Å². The van der Waals surface area contributed by atoms with Gasteiger partial charge in [0, 0.05) is 5.38 Å². The first kappa shape index (κ1) is 22.5. The van der Waals surface area contributed by atoms with Crippen LogP contribution in [0.15, 0.2) is 52.9 Å². The van der Waals surface area contributed by atoms with Crippen LogP contribution in [0.4, 0.5) is 10.3 Å². The zero-order chi connectivity index (χ0) is 22.5. The molecule has 2 heterocycles. The maximum absolute atomic E-state index is 11.1. The Kier molecular flexibility index (Phi) is 7.07. The Morgan fingerprint density at radius 1 is 1.32 bits per heavy atom. The van der Waals surface area contributed by atoms with E-state index in [1.165, 1.54) is 21.6 Å². The minimum Gasteiger partial charge on any atom is -0.476 e. The number of aliphatic hydroxyl groups is 2. The summed E-state index contributed by atoms with van der Waals surface area (Å²) in [5.74, 6) is -0.673. The van der Waals surface area contributed by atoms with E-state index < -0.39 is 18.7 Å². The molecule has 164 valence electrons.